The van der Waals surface area contributed by atoms with Gasteiger partial charge in [-0.2, -0.15) is 0 Å². The van der Waals surface area contributed by atoms with E-state index in [0.29, 0.717) is 0 Å². The van der Waals surface area contributed by atoms with Crippen molar-refractivity contribution in [1.29, 1.82) is 0 Å². The Hall–Kier alpha value is -3.20. The highest BCUT2D eigenvalue weighted by atomic mass is 15.1. The molecule has 0 spiro atoms. The van der Waals surface area contributed by atoms with Gasteiger partial charge in [-0.1, -0.05) is 97.1 Å². The molecule has 4 bridgehead atoms. The molecule has 6 aliphatic carbocycles. The zero-order valence-corrected chi connectivity index (χ0v) is 20.8. The molecule has 0 heterocycles. The van der Waals surface area contributed by atoms with Gasteiger partial charge in [0.25, 0.3) is 0 Å². The van der Waals surface area contributed by atoms with Crippen LogP contribution >= 0.6 is 0 Å². The number of nitrogens with zero attached hydrogens (tertiary/aromatic N) is 1. The second kappa shape index (κ2) is 7.40. The van der Waals surface area contributed by atoms with Gasteiger partial charge in [0.1, 0.15) is 0 Å². The van der Waals surface area contributed by atoms with Crippen molar-refractivity contribution in [1.82, 2.24) is 10.2 Å². The van der Waals surface area contributed by atoms with Crippen molar-refractivity contribution >= 4 is 0 Å². The molecule has 0 unspecified atom stereocenters. The molecule has 0 aliphatic heterocycles. The van der Waals surface area contributed by atoms with Crippen LogP contribution in [0.15, 0.2) is 97.1 Å². The Kier molecular flexibility index (Phi) is 4.46. The lowest BCUT2D eigenvalue weighted by molar-refractivity contribution is 0.257. The Balaban J connectivity index is 1.76. The molecule has 1 N–H and O–H groups in total. The lowest BCUT2D eigenvalue weighted by Crippen LogP contribution is -2.58. The molecule has 174 valence electrons. The van der Waals surface area contributed by atoms with Crippen LogP contribution in [-0.4, -0.2) is 39.1 Å². The molecule has 0 atom stereocenters. The molecule has 2 heteroatoms. The standard InChI is InChI=1S/C33H32N2/c1-34-20-32-26-16-8-4-12-22(26)31(23-13-5-9-17-27(23)32)33(21-35(2)3)28-18-10-6-14-24(28)30(32)25-15-7-11-19-29(25)33/h4-19,30-31,34H,20-21H2,1-3H3. The minimum atomic E-state index is -0.185. The highest BCUT2D eigenvalue weighted by Crippen LogP contribution is 2.68. The number of benzene rings is 4. The van der Waals surface area contributed by atoms with Gasteiger partial charge in [0.2, 0.25) is 0 Å². The monoisotopic (exact) mass is 456 g/mol. The van der Waals surface area contributed by atoms with Gasteiger partial charge in [-0.15, -0.1) is 0 Å². The Morgan fingerprint density at radius 3 is 1.29 bits per heavy atom. The molecule has 4 aromatic rings. The maximum atomic E-state index is 3.66. The SMILES string of the molecule is CNCC12c3ccccc3C(c3ccccc31)C1(CN(C)C)c3ccccc3C2c2ccccc21. The smallest absolute Gasteiger partial charge is 0.0444 e. The summed E-state index contributed by atoms with van der Waals surface area (Å²) in [6, 6.07) is 37.4. The largest absolute Gasteiger partial charge is 0.318 e. The molecule has 6 aliphatic rings. The van der Waals surface area contributed by atoms with Crippen molar-refractivity contribution in [2.75, 3.05) is 34.2 Å². The fourth-order valence-electron chi connectivity index (χ4n) is 8.26. The predicted molar refractivity (Wildman–Crippen MR) is 143 cm³/mol. The number of nitrogens with one attached hydrogen (secondary N) is 1. The Morgan fingerprint density at radius 2 is 0.914 bits per heavy atom. The van der Waals surface area contributed by atoms with Crippen LogP contribution in [0.1, 0.15) is 56.3 Å². The van der Waals surface area contributed by atoms with E-state index in [2.05, 4.69) is 128 Å². The summed E-state index contributed by atoms with van der Waals surface area (Å²) in [6.07, 6.45) is 0. The van der Waals surface area contributed by atoms with Crippen molar-refractivity contribution in [2.24, 2.45) is 0 Å². The molecule has 0 amide bonds. The van der Waals surface area contributed by atoms with Gasteiger partial charge in [0.05, 0.1) is 0 Å². The number of likely N-dealkylation sites (N-methyl/N-ethyl adjacent to an activating group) is 2. The molecule has 0 saturated carbocycles. The van der Waals surface area contributed by atoms with Crippen LogP contribution in [0, 0.1) is 0 Å². The number of rotatable bonds is 4. The highest BCUT2D eigenvalue weighted by Gasteiger charge is 2.62. The zero-order valence-electron chi connectivity index (χ0n) is 20.8. The summed E-state index contributed by atoms with van der Waals surface area (Å²) in [5.74, 6) is 0.479. The first kappa shape index (κ1) is 21.1. The number of hydrogen-bond acceptors (Lipinski definition) is 2. The van der Waals surface area contributed by atoms with Crippen LogP contribution in [-0.2, 0) is 10.8 Å². The molecule has 0 fully saturated rings. The van der Waals surface area contributed by atoms with Crippen molar-refractivity contribution < 1.29 is 0 Å². The summed E-state index contributed by atoms with van der Waals surface area (Å²) in [6.45, 7) is 1.85. The lowest BCUT2D eigenvalue weighted by atomic mass is 9.42. The summed E-state index contributed by atoms with van der Waals surface area (Å²) < 4.78 is 0. The van der Waals surface area contributed by atoms with E-state index in [4.69, 9.17) is 0 Å². The van der Waals surface area contributed by atoms with Gasteiger partial charge in [-0.3, -0.25) is 0 Å². The van der Waals surface area contributed by atoms with E-state index < -0.39 is 0 Å². The van der Waals surface area contributed by atoms with E-state index in [0.717, 1.165) is 13.1 Å². The Bertz CT molecular complexity index is 1350. The first-order chi connectivity index (χ1) is 17.1. The van der Waals surface area contributed by atoms with Crippen LogP contribution in [0.5, 0.6) is 0 Å². The van der Waals surface area contributed by atoms with Crippen molar-refractivity contribution in [3.63, 3.8) is 0 Å². The van der Waals surface area contributed by atoms with Gasteiger partial charge in [-0.05, 0) is 65.7 Å². The summed E-state index contributed by atoms with van der Waals surface area (Å²) in [5, 5.41) is 3.66. The third kappa shape index (κ3) is 2.47. The summed E-state index contributed by atoms with van der Waals surface area (Å²) >= 11 is 0. The van der Waals surface area contributed by atoms with E-state index >= 15 is 0 Å². The molecule has 0 aromatic heterocycles. The minimum absolute atomic E-state index is 0.175. The molecular weight excluding hydrogens is 424 g/mol. The first-order valence-corrected chi connectivity index (χ1v) is 12.8. The molecule has 0 radical (unpaired) electrons. The molecule has 2 nitrogen and oxygen atoms in total. The summed E-state index contributed by atoms with van der Waals surface area (Å²) in [5.41, 5.74) is 11.6. The molecule has 10 rings (SSSR count). The van der Waals surface area contributed by atoms with E-state index in [1.807, 2.05) is 0 Å². The molecule has 4 aromatic carbocycles. The van der Waals surface area contributed by atoms with Gasteiger partial charge in [0, 0.05) is 35.8 Å². The highest BCUT2D eigenvalue weighted by molar-refractivity contribution is 5.73. The number of hydrogen-bond donors (Lipinski definition) is 1. The third-order valence-electron chi connectivity index (χ3n) is 9.02. The summed E-state index contributed by atoms with van der Waals surface area (Å²) in [4.78, 5) is 2.40. The van der Waals surface area contributed by atoms with Crippen molar-refractivity contribution in [3.8, 4) is 0 Å². The van der Waals surface area contributed by atoms with Crippen molar-refractivity contribution in [3.05, 3.63) is 142 Å². The average Bonchev–Trinajstić information content (AvgIpc) is 2.87. The van der Waals surface area contributed by atoms with Crippen LogP contribution in [0.2, 0.25) is 0 Å². The normalized spacial score (nSPS) is 27.0. The quantitative estimate of drug-likeness (QED) is 0.427. The van der Waals surface area contributed by atoms with E-state index in [9.17, 15) is 0 Å². The maximum absolute atomic E-state index is 3.66. The zero-order chi connectivity index (χ0) is 23.8. The Morgan fingerprint density at radius 1 is 0.571 bits per heavy atom. The van der Waals surface area contributed by atoms with E-state index in [1.165, 1.54) is 44.5 Å². The second-order valence-corrected chi connectivity index (χ2v) is 10.9. The van der Waals surface area contributed by atoms with E-state index in [1.54, 1.807) is 0 Å². The maximum Gasteiger partial charge on any atom is 0.0444 e. The first-order valence-electron chi connectivity index (χ1n) is 12.8. The Labute approximate surface area is 208 Å². The van der Waals surface area contributed by atoms with Gasteiger partial charge in [-0.25, -0.2) is 0 Å². The molecular formula is C33H32N2. The van der Waals surface area contributed by atoms with Gasteiger partial charge < -0.3 is 10.2 Å². The van der Waals surface area contributed by atoms with E-state index in [-0.39, 0.29) is 22.7 Å². The van der Waals surface area contributed by atoms with Gasteiger partial charge in [0.15, 0.2) is 0 Å². The topological polar surface area (TPSA) is 15.3 Å². The second-order valence-electron chi connectivity index (χ2n) is 10.9. The predicted octanol–water partition coefficient (Wildman–Crippen LogP) is 5.64. The van der Waals surface area contributed by atoms with Crippen LogP contribution in [0.25, 0.3) is 0 Å². The fourth-order valence-corrected chi connectivity index (χ4v) is 8.26. The minimum Gasteiger partial charge on any atom is -0.318 e. The summed E-state index contributed by atoms with van der Waals surface area (Å²) in [7, 11) is 6.58. The van der Waals surface area contributed by atoms with Crippen LogP contribution in [0.4, 0.5) is 0 Å². The molecule has 0 saturated heterocycles. The van der Waals surface area contributed by atoms with Crippen molar-refractivity contribution in [2.45, 2.75) is 22.7 Å². The third-order valence-corrected chi connectivity index (χ3v) is 9.02. The lowest BCUT2D eigenvalue weighted by Gasteiger charge is -2.61. The fraction of sp³-hybridized carbons (Fsp3) is 0.273. The van der Waals surface area contributed by atoms with Crippen LogP contribution in [0.3, 0.4) is 0 Å². The van der Waals surface area contributed by atoms with Gasteiger partial charge >= 0.3 is 0 Å². The average molecular weight is 457 g/mol. The molecule has 35 heavy (non-hydrogen) atoms. The van der Waals surface area contributed by atoms with Crippen LogP contribution < -0.4 is 5.32 Å².